The molecule has 0 saturated heterocycles. The van der Waals surface area contributed by atoms with Gasteiger partial charge in [0.25, 0.3) is 0 Å². The van der Waals surface area contributed by atoms with Crippen LogP contribution in [0.4, 0.5) is 0 Å². The van der Waals surface area contributed by atoms with E-state index in [-0.39, 0.29) is 18.6 Å². The maximum Gasteiger partial charge on any atom is 0.119 e. The standard InChI is InChI=1S/C14H23NO3/c1-10(2)13(15-7-8-16)14(17)11-5-4-6-12(9-11)18-3/h4-6,9-10,13-17H,7-8H2,1-3H3. The molecule has 1 aromatic carbocycles. The molecule has 0 aromatic heterocycles. The van der Waals surface area contributed by atoms with Crippen LogP contribution in [0, 0.1) is 5.92 Å². The van der Waals surface area contributed by atoms with E-state index < -0.39 is 6.10 Å². The molecule has 0 bridgehead atoms. The Hall–Kier alpha value is -1.10. The lowest BCUT2D eigenvalue weighted by Gasteiger charge is -2.27. The molecular weight excluding hydrogens is 230 g/mol. The third-order valence-corrected chi connectivity index (χ3v) is 2.99. The topological polar surface area (TPSA) is 61.7 Å². The van der Waals surface area contributed by atoms with Gasteiger partial charge < -0.3 is 20.3 Å². The maximum absolute atomic E-state index is 10.4. The average Bonchev–Trinajstić information content (AvgIpc) is 2.38. The van der Waals surface area contributed by atoms with Crippen molar-refractivity contribution in [3.63, 3.8) is 0 Å². The van der Waals surface area contributed by atoms with Gasteiger partial charge in [-0.05, 0) is 23.6 Å². The molecule has 0 aliphatic heterocycles. The number of aliphatic hydroxyl groups is 2. The van der Waals surface area contributed by atoms with Crippen molar-refractivity contribution in [3.8, 4) is 5.75 Å². The van der Waals surface area contributed by atoms with E-state index in [9.17, 15) is 5.11 Å². The van der Waals surface area contributed by atoms with Gasteiger partial charge in [0.2, 0.25) is 0 Å². The molecule has 1 aromatic rings. The van der Waals surface area contributed by atoms with Gasteiger partial charge in [0, 0.05) is 12.6 Å². The van der Waals surface area contributed by atoms with E-state index >= 15 is 0 Å². The van der Waals surface area contributed by atoms with Crippen LogP contribution in [-0.4, -0.2) is 36.5 Å². The zero-order valence-electron chi connectivity index (χ0n) is 11.3. The number of hydrogen-bond acceptors (Lipinski definition) is 4. The number of ether oxygens (including phenoxy) is 1. The molecule has 0 aliphatic carbocycles. The van der Waals surface area contributed by atoms with E-state index in [1.807, 2.05) is 38.1 Å². The van der Waals surface area contributed by atoms with Crippen LogP contribution in [-0.2, 0) is 0 Å². The summed E-state index contributed by atoms with van der Waals surface area (Å²) in [5.74, 6) is 0.994. The van der Waals surface area contributed by atoms with Gasteiger partial charge in [0.15, 0.2) is 0 Å². The average molecular weight is 253 g/mol. The summed E-state index contributed by atoms with van der Waals surface area (Å²) in [6, 6.07) is 7.33. The second kappa shape index (κ2) is 7.36. The molecular formula is C14H23NO3. The first kappa shape index (κ1) is 15.0. The van der Waals surface area contributed by atoms with Gasteiger partial charge in [0.1, 0.15) is 5.75 Å². The van der Waals surface area contributed by atoms with Crippen LogP contribution < -0.4 is 10.1 Å². The van der Waals surface area contributed by atoms with Crippen molar-refractivity contribution in [3.05, 3.63) is 29.8 Å². The molecule has 3 N–H and O–H groups in total. The minimum absolute atomic E-state index is 0.0635. The van der Waals surface area contributed by atoms with E-state index in [4.69, 9.17) is 9.84 Å². The van der Waals surface area contributed by atoms with E-state index in [2.05, 4.69) is 5.32 Å². The second-order valence-corrected chi connectivity index (χ2v) is 4.67. The van der Waals surface area contributed by atoms with Gasteiger partial charge in [-0.15, -0.1) is 0 Å². The molecule has 4 heteroatoms. The monoisotopic (exact) mass is 253 g/mol. The van der Waals surface area contributed by atoms with Crippen LogP contribution in [0.3, 0.4) is 0 Å². The summed E-state index contributed by atoms with van der Waals surface area (Å²) in [4.78, 5) is 0. The molecule has 0 spiro atoms. The fourth-order valence-corrected chi connectivity index (χ4v) is 1.98. The van der Waals surface area contributed by atoms with Crippen molar-refractivity contribution >= 4 is 0 Å². The van der Waals surface area contributed by atoms with Gasteiger partial charge in [-0.3, -0.25) is 0 Å². The number of benzene rings is 1. The largest absolute Gasteiger partial charge is 0.497 e. The molecule has 1 rings (SSSR count). The Morgan fingerprint density at radius 3 is 2.61 bits per heavy atom. The highest BCUT2D eigenvalue weighted by Crippen LogP contribution is 2.24. The van der Waals surface area contributed by atoms with Crippen LogP contribution in [0.15, 0.2) is 24.3 Å². The van der Waals surface area contributed by atoms with E-state index in [1.165, 1.54) is 0 Å². The number of aliphatic hydroxyl groups excluding tert-OH is 2. The van der Waals surface area contributed by atoms with Crippen LogP contribution in [0.1, 0.15) is 25.5 Å². The normalized spacial score (nSPS) is 14.6. The van der Waals surface area contributed by atoms with Crippen LogP contribution >= 0.6 is 0 Å². The minimum Gasteiger partial charge on any atom is -0.497 e. The summed E-state index contributed by atoms with van der Waals surface area (Å²) in [5.41, 5.74) is 0.818. The summed E-state index contributed by atoms with van der Waals surface area (Å²) in [5, 5.41) is 22.4. The van der Waals surface area contributed by atoms with E-state index in [0.717, 1.165) is 11.3 Å². The van der Waals surface area contributed by atoms with E-state index in [0.29, 0.717) is 6.54 Å². The number of methoxy groups -OCH3 is 1. The Morgan fingerprint density at radius 2 is 2.06 bits per heavy atom. The van der Waals surface area contributed by atoms with Crippen LogP contribution in [0.25, 0.3) is 0 Å². The highest BCUT2D eigenvalue weighted by molar-refractivity contribution is 5.30. The van der Waals surface area contributed by atoms with Gasteiger partial charge >= 0.3 is 0 Å². The van der Waals surface area contributed by atoms with Gasteiger partial charge in [0.05, 0.1) is 19.8 Å². The molecule has 0 heterocycles. The van der Waals surface area contributed by atoms with Gasteiger partial charge in [-0.2, -0.15) is 0 Å². The van der Waals surface area contributed by atoms with Crippen molar-refractivity contribution in [2.45, 2.75) is 26.0 Å². The highest BCUT2D eigenvalue weighted by atomic mass is 16.5. The number of hydrogen-bond donors (Lipinski definition) is 3. The smallest absolute Gasteiger partial charge is 0.119 e. The molecule has 2 unspecified atom stereocenters. The van der Waals surface area contributed by atoms with Crippen molar-refractivity contribution in [1.29, 1.82) is 0 Å². The molecule has 0 amide bonds. The Kier molecular flexibility index (Phi) is 6.12. The van der Waals surface area contributed by atoms with E-state index in [1.54, 1.807) is 7.11 Å². The first-order valence-corrected chi connectivity index (χ1v) is 6.26. The zero-order chi connectivity index (χ0) is 13.5. The number of rotatable bonds is 7. The lowest BCUT2D eigenvalue weighted by Crippen LogP contribution is -2.40. The molecule has 0 aliphatic rings. The first-order valence-electron chi connectivity index (χ1n) is 6.26. The quantitative estimate of drug-likeness (QED) is 0.686. The van der Waals surface area contributed by atoms with Crippen molar-refractivity contribution in [2.24, 2.45) is 5.92 Å². The molecule has 2 atom stereocenters. The van der Waals surface area contributed by atoms with Gasteiger partial charge in [-0.25, -0.2) is 0 Å². The summed E-state index contributed by atoms with van der Waals surface area (Å²) < 4.78 is 5.15. The predicted octanol–water partition coefficient (Wildman–Crippen LogP) is 1.34. The molecule has 18 heavy (non-hydrogen) atoms. The summed E-state index contributed by atoms with van der Waals surface area (Å²) in [6.07, 6.45) is -0.619. The molecule has 0 fully saturated rings. The van der Waals surface area contributed by atoms with Gasteiger partial charge in [-0.1, -0.05) is 26.0 Å². The Balaban J connectivity index is 2.83. The van der Waals surface area contributed by atoms with Crippen LogP contribution in [0.2, 0.25) is 0 Å². The van der Waals surface area contributed by atoms with Crippen molar-refractivity contribution in [1.82, 2.24) is 5.32 Å². The Labute approximate surface area is 109 Å². The van der Waals surface area contributed by atoms with Crippen molar-refractivity contribution in [2.75, 3.05) is 20.3 Å². The summed E-state index contributed by atoms with van der Waals surface area (Å²) >= 11 is 0. The molecule has 0 radical (unpaired) electrons. The number of nitrogens with one attached hydrogen (secondary N) is 1. The maximum atomic E-state index is 10.4. The SMILES string of the molecule is COc1cccc(C(O)C(NCCO)C(C)C)c1. The second-order valence-electron chi connectivity index (χ2n) is 4.67. The Bertz CT molecular complexity index is 355. The Morgan fingerprint density at radius 1 is 1.33 bits per heavy atom. The first-order chi connectivity index (χ1) is 8.60. The fraction of sp³-hybridized carbons (Fsp3) is 0.571. The minimum atomic E-state index is -0.619. The fourth-order valence-electron chi connectivity index (χ4n) is 1.98. The zero-order valence-corrected chi connectivity index (χ0v) is 11.3. The predicted molar refractivity (Wildman–Crippen MR) is 71.7 cm³/mol. The summed E-state index contributed by atoms with van der Waals surface area (Å²) in [7, 11) is 1.61. The lowest BCUT2D eigenvalue weighted by molar-refractivity contribution is 0.101. The molecule has 4 nitrogen and oxygen atoms in total. The van der Waals surface area contributed by atoms with Crippen LogP contribution in [0.5, 0.6) is 5.75 Å². The lowest BCUT2D eigenvalue weighted by atomic mass is 9.93. The third-order valence-electron chi connectivity index (χ3n) is 2.99. The highest BCUT2D eigenvalue weighted by Gasteiger charge is 2.23. The van der Waals surface area contributed by atoms with Crippen molar-refractivity contribution < 1.29 is 14.9 Å². The molecule has 0 saturated carbocycles. The summed E-state index contributed by atoms with van der Waals surface area (Å²) in [6.45, 7) is 4.62. The molecule has 102 valence electrons. The third kappa shape index (κ3) is 3.98.